The van der Waals surface area contributed by atoms with Gasteiger partial charge in [-0.2, -0.15) is 0 Å². The third-order valence-corrected chi connectivity index (χ3v) is 1.80. The van der Waals surface area contributed by atoms with E-state index in [1.807, 2.05) is 0 Å². The minimum absolute atomic E-state index is 0.340. The Balaban J connectivity index is 4.97. The van der Waals surface area contributed by atoms with Gasteiger partial charge in [-0.1, -0.05) is 0 Å². The first-order valence-corrected chi connectivity index (χ1v) is 4.70. The van der Waals surface area contributed by atoms with Crippen LogP contribution in [0.2, 0.25) is 0 Å². The molecule has 0 radical (unpaired) electrons. The van der Waals surface area contributed by atoms with Gasteiger partial charge in [-0.25, -0.2) is 9.59 Å². The standard InChI is InChI=1S/C11H16O6/c1-14-9(12)6-5-8(7-10(13)15-2)11(16-3)17-4/h5-7,11H,1-4H3/b6-5-,8-7-. The molecule has 0 fully saturated rings. The molecule has 0 amide bonds. The minimum atomic E-state index is -0.769. The SMILES string of the molecule is COC(=O)/C=C\C(=C\C(=O)OC)C(OC)OC. The third kappa shape index (κ3) is 5.84. The minimum Gasteiger partial charge on any atom is -0.466 e. The van der Waals surface area contributed by atoms with Crippen molar-refractivity contribution < 1.29 is 28.5 Å². The van der Waals surface area contributed by atoms with Crippen molar-refractivity contribution in [2.75, 3.05) is 28.4 Å². The van der Waals surface area contributed by atoms with Gasteiger partial charge in [-0.05, 0) is 6.08 Å². The number of methoxy groups -OCH3 is 4. The van der Waals surface area contributed by atoms with Crippen molar-refractivity contribution >= 4 is 11.9 Å². The fourth-order valence-electron chi connectivity index (χ4n) is 0.990. The van der Waals surface area contributed by atoms with Gasteiger partial charge in [0.25, 0.3) is 0 Å². The van der Waals surface area contributed by atoms with Crippen LogP contribution in [-0.4, -0.2) is 46.7 Å². The van der Waals surface area contributed by atoms with Gasteiger partial charge in [0.15, 0.2) is 6.29 Å². The molecule has 96 valence electrons. The van der Waals surface area contributed by atoms with Crippen LogP contribution in [0.15, 0.2) is 23.8 Å². The van der Waals surface area contributed by atoms with Crippen LogP contribution in [0.5, 0.6) is 0 Å². The maximum atomic E-state index is 11.1. The molecule has 0 aliphatic rings. The first kappa shape index (κ1) is 15.3. The monoisotopic (exact) mass is 244 g/mol. The fourth-order valence-corrected chi connectivity index (χ4v) is 0.990. The van der Waals surface area contributed by atoms with Gasteiger partial charge in [0.2, 0.25) is 0 Å². The highest BCUT2D eigenvalue weighted by atomic mass is 16.7. The number of hydrogen-bond acceptors (Lipinski definition) is 6. The lowest BCUT2D eigenvalue weighted by atomic mass is 10.2. The van der Waals surface area contributed by atoms with Crippen LogP contribution >= 0.6 is 0 Å². The molecule has 0 aromatic heterocycles. The number of carbonyl (C=O) groups excluding carboxylic acids is 2. The largest absolute Gasteiger partial charge is 0.466 e. The van der Waals surface area contributed by atoms with Gasteiger partial charge in [-0.15, -0.1) is 0 Å². The van der Waals surface area contributed by atoms with E-state index >= 15 is 0 Å². The molecule has 0 rings (SSSR count). The smallest absolute Gasteiger partial charge is 0.330 e. The number of esters is 2. The quantitative estimate of drug-likeness (QED) is 0.292. The zero-order valence-corrected chi connectivity index (χ0v) is 10.3. The highest BCUT2D eigenvalue weighted by Gasteiger charge is 2.12. The van der Waals surface area contributed by atoms with E-state index in [2.05, 4.69) is 9.47 Å². The Morgan fingerprint density at radius 3 is 1.82 bits per heavy atom. The predicted octanol–water partition coefficient (Wildman–Crippen LogP) is 0.434. The molecule has 0 aromatic carbocycles. The van der Waals surface area contributed by atoms with E-state index in [-0.39, 0.29) is 0 Å². The number of hydrogen-bond donors (Lipinski definition) is 0. The zero-order valence-electron chi connectivity index (χ0n) is 10.3. The van der Waals surface area contributed by atoms with Gasteiger partial charge < -0.3 is 18.9 Å². The van der Waals surface area contributed by atoms with Gasteiger partial charge in [0.1, 0.15) is 0 Å². The second-order valence-corrected chi connectivity index (χ2v) is 2.83. The van der Waals surface area contributed by atoms with Gasteiger partial charge in [0.05, 0.1) is 14.2 Å². The van der Waals surface area contributed by atoms with Gasteiger partial charge in [0, 0.05) is 31.9 Å². The molecule has 0 aliphatic heterocycles. The lowest BCUT2D eigenvalue weighted by molar-refractivity contribution is -0.136. The fraction of sp³-hybridized carbons (Fsp3) is 0.455. The highest BCUT2D eigenvalue weighted by Crippen LogP contribution is 2.09. The average molecular weight is 244 g/mol. The topological polar surface area (TPSA) is 71.1 Å². The summed E-state index contributed by atoms with van der Waals surface area (Å²) in [5, 5.41) is 0. The lowest BCUT2D eigenvalue weighted by Crippen LogP contribution is -2.16. The van der Waals surface area contributed by atoms with E-state index in [1.165, 1.54) is 34.5 Å². The second kappa shape index (κ2) is 8.49. The molecule has 0 bridgehead atoms. The summed E-state index contributed by atoms with van der Waals surface area (Å²) in [7, 11) is 5.31. The normalized spacial score (nSPS) is 11.9. The molecule has 0 spiro atoms. The summed E-state index contributed by atoms with van der Waals surface area (Å²) in [5.41, 5.74) is 0.340. The highest BCUT2D eigenvalue weighted by molar-refractivity contribution is 5.85. The van der Waals surface area contributed by atoms with Crippen molar-refractivity contribution in [3.8, 4) is 0 Å². The van der Waals surface area contributed by atoms with E-state index in [1.54, 1.807) is 0 Å². The Kier molecular flexibility index (Phi) is 7.66. The van der Waals surface area contributed by atoms with Crippen LogP contribution in [-0.2, 0) is 28.5 Å². The van der Waals surface area contributed by atoms with Crippen LogP contribution in [0.3, 0.4) is 0 Å². The summed E-state index contributed by atoms with van der Waals surface area (Å²) in [6.45, 7) is 0. The first-order chi connectivity index (χ1) is 8.08. The van der Waals surface area contributed by atoms with Crippen LogP contribution in [0, 0.1) is 0 Å². The summed E-state index contributed by atoms with van der Waals surface area (Å²) < 4.78 is 18.8. The molecule has 0 aliphatic carbocycles. The van der Waals surface area contributed by atoms with Crippen molar-refractivity contribution in [1.29, 1.82) is 0 Å². The Morgan fingerprint density at radius 1 is 0.882 bits per heavy atom. The van der Waals surface area contributed by atoms with Crippen LogP contribution in [0.4, 0.5) is 0 Å². The summed E-state index contributed by atoms with van der Waals surface area (Å²) in [6, 6.07) is 0. The summed E-state index contributed by atoms with van der Waals surface area (Å²) in [4.78, 5) is 22.0. The Hall–Kier alpha value is -1.66. The third-order valence-electron chi connectivity index (χ3n) is 1.80. The molecule has 0 heterocycles. The Labute approximate surface area is 99.8 Å². The summed E-state index contributed by atoms with van der Waals surface area (Å²) in [6.07, 6.45) is 2.91. The molecular formula is C11H16O6. The molecule has 0 saturated carbocycles. The average Bonchev–Trinajstić information content (AvgIpc) is 2.36. The van der Waals surface area contributed by atoms with Gasteiger partial charge in [-0.3, -0.25) is 0 Å². The molecule has 6 nitrogen and oxygen atoms in total. The maximum Gasteiger partial charge on any atom is 0.330 e. The van der Waals surface area contributed by atoms with E-state index in [9.17, 15) is 9.59 Å². The molecule has 0 N–H and O–H groups in total. The molecule has 0 saturated heterocycles. The van der Waals surface area contributed by atoms with E-state index in [0.717, 1.165) is 12.2 Å². The first-order valence-electron chi connectivity index (χ1n) is 4.70. The predicted molar refractivity (Wildman–Crippen MR) is 59.1 cm³/mol. The summed E-state index contributed by atoms with van der Waals surface area (Å²) in [5.74, 6) is -1.12. The number of carbonyl (C=O) groups is 2. The Bertz CT molecular complexity index is 314. The van der Waals surface area contributed by atoms with Crippen molar-refractivity contribution in [3.63, 3.8) is 0 Å². The van der Waals surface area contributed by atoms with Crippen molar-refractivity contribution in [1.82, 2.24) is 0 Å². The molecular weight excluding hydrogens is 228 g/mol. The van der Waals surface area contributed by atoms with Crippen LogP contribution in [0.25, 0.3) is 0 Å². The van der Waals surface area contributed by atoms with E-state index in [4.69, 9.17) is 9.47 Å². The second-order valence-electron chi connectivity index (χ2n) is 2.83. The number of rotatable bonds is 6. The van der Waals surface area contributed by atoms with Crippen LogP contribution < -0.4 is 0 Å². The van der Waals surface area contributed by atoms with Crippen molar-refractivity contribution in [2.24, 2.45) is 0 Å². The van der Waals surface area contributed by atoms with E-state index in [0.29, 0.717) is 5.57 Å². The van der Waals surface area contributed by atoms with Gasteiger partial charge >= 0.3 is 11.9 Å². The van der Waals surface area contributed by atoms with E-state index < -0.39 is 18.2 Å². The zero-order chi connectivity index (χ0) is 13.3. The molecule has 17 heavy (non-hydrogen) atoms. The van der Waals surface area contributed by atoms with Crippen molar-refractivity contribution in [3.05, 3.63) is 23.8 Å². The van der Waals surface area contributed by atoms with Crippen molar-refractivity contribution in [2.45, 2.75) is 6.29 Å². The summed E-state index contributed by atoms with van der Waals surface area (Å²) >= 11 is 0. The Morgan fingerprint density at radius 2 is 1.41 bits per heavy atom. The van der Waals surface area contributed by atoms with Crippen LogP contribution in [0.1, 0.15) is 0 Å². The number of ether oxygens (including phenoxy) is 4. The molecule has 0 unspecified atom stereocenters. The molecule has 0 atom stereocenters. The molecule has 6 heteroatoms. The molecule has 0 aromatic rings. The lowest BCUT2D eigenvalue weighted by Gasteiger charge is -2.14. The maximum absolute atomic E-state index is 11.1.